The van der Waals surface area contributed by atoms with Gasteiger partial charge in [-0.15, -0.1) is 0 Å². The zero-order valence-corrected chi connectivity index (χ0v) is 14.3. The first kappa shape index (κ1) is 17.2. The summed E-state index contributed by atoms with van der Waals surface area (Å²) in [6.07, 6.45) is 1.01. The number of rotatable bonds is 7. The average Bonchev–Trinajstić information content (AvgIpc) is 2.56. The second-order valence-corrected chi connectivity index (χ2v) is 6.22. The maximum atomic E-state index is 12.2. The van der Waals surface area contributed by atoms with Crippen molar-refractivity contribution < 1.29 is 10.1 Å². The number of benzene rings is 2. The van der Waals surface area contributed by atoms with Crippen LogP contribution < -0.4 is 10.6 Å². The normalized spacial score (nSPS) is 12.2. The van der Waals surface area contributed by atoms with Gasteiger partial charge in [-0.1, -0.05) is 63.2 Å². The molecule has 23 heavy (non-hydrogen) atoms. The molecule has 1 amide bonds. The molecule has 1 atom stereocenters. The number of hydrogen-bond acceptors (Lipinski definition) is 1. The lowest BCUT2D eigenvalue weighted by molar-refractivity contribution is -0.692. The van der Waals surface area contributed by atoms with E-state index in [1.807, 2.05) is 30.3 Å². The predicted molar refractivity (Wildman–Crippen MR) is 95.3 cm³/mol. The molecule has 3 N–H and O–H groups in total. The van der Waals surface area contributed by atoms with Crippen molar-refractivity contribution in [2.75, 3.05) is 11.9 Å². The molecule has 0 spiro atoms. The Morgan fingerprint density at radius 2 is 1.70 bits per heavy atom. The summed E-state index contributed by atoms with van der Waals surface area (Å²) in [5.74, 6) is 0.505. The van der Waals surface area contributed by atoms with Gasteiger partial charge in [0.1, 0.15) is 6.04 Å². The second-order valence-electron chi connectivity index (χ2n) is 6.22. The molecule has 0 radical (unpaired) electrons. The molecule has 3 nitrogen and oxygen atoms in total. The third-order valence-corrected chi connectivity index (χ3v) is 4.11. The fraction of sp³-hybridized carbons (Fsp3) is 0.350. The lowest BCUT2D eigenvalue weighted by Gasteiger charge is -2.19. The number of aryl methyl sites for hydroxylation is 1. The van der Waals surface area contributed by atoms with Crippen molar-refractivity contribution in [3.05, 3.63) is 65.7 Å². The Morgan fingerprint density at radius 3 is 2.26 bits per heavy atom. The van der Waals surface area contributed by atoms with Crippen LogP contribution in [0.15, 0.2) is 54.6 Å². The van der Waals surface area contributed by atoms with E-state index in [-0.39, 0.29) is 5.91 Å². The van der Waals surface area contributed by atoms with E-state index in [0.717, 1.165) is 12.1 Å². The van der Waals surface area contributed by atoms with E-state index in [4.69, 9.17) is 0 Å². The fourth-order valence-corrected chi connectivity index (χ4v) is 2.74. The van der Waals surface area contributed by atoms with E-state index >= 15 is 0 Å². The van der Waals surface area contributed by atoms with Crippen LogP contribution in [0, 0.1) is 5.92 Å². The largest absolute Gasteiger partial charge is 0.332 e. The minimum absolute atomic E-state index is 0.0378. The van der Waals surface area contributed by atoms with Gasteiger partial charge in [-0.2, -0.15) is 0 Å². The summed E-state index contributed by atoms with van der Waals surface area (Å²) in [6, 6.07) is 18.7. The minimum Gasteiger partial charge on any atom is -0.332 e. The van der Waals surface area contributed by atoms with Gasteiger partial charge in [0.25, 0.3) is 5.91 Å². The monoisotopic (exact) mass is 311 g/mol. The quantitative estimate of drug-likeness (QED) is 0.810. The Hall–Kier alpha value is -2.13. The first-order chi connectivity index (χ1) is 11.1. The molecular formula is C20H27N2O+. The van der Waals surface area contributed by atoms with Gasteiger partial charge in [0.2, 0.25) is 0 Å². The number of carbonyl (C=O) groups excluding carboxylic acids is 1. The van der Waals surface area contributed by atoms with Crippen LogP contribution in [0.4, 0.5) is 5.69 Å². The highest BCUT2D eigenvalue weighted by Crippen LogP contribution is 2.16. The lowest BCUT2D eigenvalue weighted by Crippen LogP contribution is -2.88. The summed E-state index contributed by atoms with van der Waals surface area (Å²) in [7, 11) is 0. The number of nitrogens with two attached hydrogens (primary N) is 1. The van der Waals surface area contributed by atoms with Crippen LogP contribution in [0.2, 0.25) is 0 Å². The maximum Gasteiger partial charge on any atom is 0.279 e. The maximum absolute atomic E-state index is 12.2. The summed E-state index contributed by atoms with van der Waals surface area (Å²) < 4.78 is 0. The number of anilines is 1. The third-order valence-electron chi connectivity index (χ3n) is 4.11. The average molecular weight is 311 g/mol. The van der Waals surface area contributed by atoms with Crippen molar-refractivity contribution in [3.63, 3.8) is 0 Å². The van der Waals surface area contributed by atoms with Gasteiger partial charge in [-0.05, 0) is 24.1 Å². The highest BCUT2D eigenvalue weighted by molar-refractivity contribution is 5.91. The van der Waals surface area contributed by atoms with Gasteiger partial charge in [0.05, 0.1) is 0 Å². The predicted octanol–water partition coefficient (Wildman–Crippen LogP) is 3.15. The topological polar surface area (TPSA) is 45.7 Å². The second kappa shape index (κ2) is 8.49. The smallest absolute Gasteiger partial charge is 0.279 e. The molecule has 0 unspecified atom stereocenters. The summed E-state index contributed by atoms with van der Waals surface area (Å²) in [4.78, 5) is 12.2. The molecule has 0 aliphatic rings. The summed E-state index contributed by atoms with van der Waals surface area (Å²) >= 11 is 0. The van der Waals surface area contributed by atoms with Gasteiger partial charge in [-0.25, -0.2) is 0 Å². The molecule has 122 valence electrons. The van der Waals surface area contributed by atoms with Gasteiger partial charge < -0.3 is 10.6 Å². The van der Waals surface area contributed by atoms with Gasteiger partial charge in [0, 0.05) is 17.2 Å². The van der Waals surface area contributed by atoms with E-state index in [1.165, 1.54) is 11.1 Å². The zero-order valence-electron chi connectivity index (χ0n) is 14.3. The molecule has 0 saturated carbocycles. The van der Waals surface area contributed by atoms with Crippen LogP contribution in [0.5, 0.6) is 0 Å². The van der Waals surface area contributed by atoms with Crippen molar-refractivity contribution in [1.29, 1.82) is 0 Å². The summed E-state index contributed by atoms with van der Waals surface area (Å²) in [6.45, 7) is 6.93. The standard InChI is InChI=1S/C20H26N2O/c1-4-16-10-12-18(13-11-16)22-19(23)14-21-20(15(2)3)17-8-6-5-7-9-17/h5-13,15,20-21H,4,14H2,1-3H3,(H,22,23)/p+1/t20-/m1/s1. The van der Waals surface area contributed by atoms with E-state index in [2.05, 4.69) is 55.7 Å². The molecule has 3 heteroatoms. The summed E-state index contributed by atoms with van der Waals surface area (Å²) in [5.41, 5.74) is 3.41. The zero-order chi connectivity index (χ0) is 16.7. The van der Waals surface area contributed by atoms with Crippen LogP contribution in [-0.2, 0) is 11.2 Å². The Bertz CT molecular complexity index is 605. The SMILES string of the molecule is CCc1ccc(NC(=O)C[NH2+][C@@H](c2ccccc2)C(C)C)cc1. The Morgan fingerprint density at radius 1 is 1.04 bits per heavy atom. The van der Waals surface area contributed by atoms with Crippen LogP contribution >= 0.6 is 0 Å². The Balaban J connectivity index is 1.91. The van der Waals surface area contributed by atoms with Gasteiger partial charge in [0.15, 0.2) is 6.54 Å². The van der Waals surface area contributed by atoms with Gasteiger partial charge >= 0.3 is 0 Å². The number of nitrogens with one attached hydrogen (secondary N) is 1. The molecule has 2 aromatic rings. The van der Waals surface area contributed by atoms with Crippen molar-refractivity contribution in [2.45, 2.75) is 33.2 Å². The minimum atomic E-state index is 0.0378. The van der Waals surface area contributed by atoms with Crippen molar-refractivity contribution >= 4 is 11.6 Å². The Kier molecular flexibility index (Phi) is 6.36. The number of carbonyl (C=O) groups is 1. The first-order valence-electron chi connectivity index (χ1n) is 8.37. The van der Waals surface area contributed by atoms with Crippen LogP contribution in [-0.4, -0.2) is 12.5 Å². The molecular weight excluding hydrogens is 284 g/mol. The first-order valence-corrected chi connectivity index (χ1v) is 8.37. The van der Waals surface area contributed by atoms with Crippen LogP contribution in [0.1, 0.15) is 37.9 Å². The van der Waals surface area contributed by atoms with E-state index in [1.54, 1.807) is 0 Å². The van der Waals surface area contributed by atoms with Crippen molar-refractivity contribution in [2.24, 2.45) is 5.92 Å². The van der Waals surface area contributed by atoms with Crippen molar-refractivity contribution in [3.8, 4) is 0 Å². The molecule has 0 bridgehead atoms. The molecule has 0 aliphatic carbocycles. The van der Waals surface area contributed by atoms with E-state index in [0.29, 0.717) is 18.5 Å². The van der Waals surface area contributed by atoms with E-state index in [9.17, 15) is 4.79 Å². The van der Waals surface area contributed by atoms with E-state index < -0.39 is 0 Å². The summed E-state index contributed by atoms with van der Waals surface area (Å²) in [5, 5.41) is 5.09. The molecule has 0 aliphatic heterocycles. The van der Waals surface area contributed by atoms with Crippen LogP contribution in [0.25, 0.3) is 0 Å². The molecule has 2 rings (SSSR count). The molecule has 0 aromatic heterocycles. The van der Waals surface area contributed by atoms with Crippen LogP contribution in [0.3, 0.4) is 0 Å². The molecule has 0 fully saturated rings. The highest BCUT2D eigenvalue weighted by Gasteiger charge is 2.20. The lowest BCUT2D eigenvalue weighted by atomic mass is 9.96. The van der Waals surface area contributed by atoms with Gasteiger partial charge in [-0.3, -0.25) is 4.79 Å². The number of hydrogen-bond donors (Lipinski definition) is 2. The fourth-order valence-electron chi connectivity index (χ4n) is 2.74. The molecule has 2 aromatic carbocycles. The molecule has 0 saturated heterocycles. The highest BCUT2D eigenvalue weighted by atomic mass is 16.1. The third kappa shape index (κ3) is 5.22. The number of quaternary nitrogens is 1. The van der Waals surface area contributed by atoms with Crippen molar-refractivity contribution in [1.82, 2.24) is 0 Å². The molecule has 0 heterocycles. The Labute approximate surface area is 139 Å². The number of amides is 1.